The predicted molar refractivity (Wildman–Crippen MR) is 144 cm³/mol. The molecule has 0 unspecified atom stereocenters. The molecule has 0 aromatic heterocycles. The Kier molecular flexibility index (Phi) is 9.46. The van der Waals surface area contributed by atoms with E-state index in [1.54, 1.807) is 48.0 Å². The molecule has 0 saturated carbocycles. The standard InChI is InChI=1S/C29H35F2N5O4/c1-18(32-2)27(38)34-24-17-35(26(37)15-19-3-7-21(30)8-4-19)14-13-23-11-12-25(36(23)29(24)40)28(39)33-16-20-5-9-22(31)10-6-20/h3-10,18,23-25,32H,11-17H2,1-2H3,(H,33,39)(H,34,38)/t18-,23+,24-,25-/m0/s1. The number of carbonyl (C=O) groups excluding carboxylic acids is 4. The van der Waals surface area contributed by atoms with E-state index < -0.39 is 35.8 Å². The van der Waals surface area contributed by atoms with Crippen molar-refractivity contribution >= 4 is 23.6 Å². The Morgan fingerprint density at radius 3 is 2.20 bits per heavy atom. The van der Waals surface area contributed by atoms with Crippen molar-refractivity contribution in [2.45, 2.75) is 63.3 Å². The van der Waals surface area contributed by atoms with Crippen LogP contribution in [0, 0.1) is 11.6 Å². The fourth-order valence-electron chi connectivity index (χ4n) is 5.19. The fourth-order valence-corrected chi connectivity index (χ4v) is 5.19. The van der Waals surface area contributed by atoms with Crippen LogP contribution in [0.3, 0.4) is 0 Å². The van der Waals surface area contributed by atoms with Gasteiger partial charge < -0.3 is 25.8 Å². The topological polar surface area (TPSA) is 111 Å². The van der Waals surface area contributed by atoms with E-state index >= 15 is 0 Å². The Morgan fingerprint density at radius 2 is 1.57 bits per heavy atom. The smallest absolute Gasteiger partial charge is 0.247 e. The van der Waals surface area contributed by atoms with Gasteiger partial charge in [-0.3, -0.25) is 19.2 Å². The third-order valence-corrected chi connectivity index (χ3v) is 7.64. The lowest BCUT2D eigenvalue weighted by Crippen LogP contribution is -2.62. The molecule has 11 heteroatoms. The quantitative estimate of drug-likeness (QED) is 0.458. The number of benzene rings is 2. The summed E-state index contributed by atoms with van der Waals surface area (Å²) in [5.41, 5.74) is 1.37. The SMILES string of the molecule is CN[C@@H](C)C(=O)N[C@H]1CN(C(=O)Cc2ccc(F)cc2)CC[C@H]2CC[C@@H](C(=O)NCc3ccc(F)cc3)N2C1=O. The van der Waals surface area contributed by atoms with E-state index in [1.165, 1.54) is 24.3 Å². The molecule has 2 aliphatic rings. The molecule has 40 heavy (non-hydrogen) atoms. The van der Waals surface area contributed by atoms with Gasteiger partial charge in [0.05, 0.1) is 12.5 Å². The van der Waals surface area contributed by atoms with E-state index in [4.69, 9.17) is 0 Å². The minimum absolute atomic E-state index is 0.0326. The number of halogens is 2. The number of hydrogen-bond acceptors (Lipinski definition) is 5. The molecular weight excluding hydrogens is 520 g/mol. The van der Waals surface area contributed by atoms with Crippen LogP contribution in [0.4, 0.5) is 8.78 Å². The largest absolute Gasteiger partial charge is 0.350 e. The second kappa shape index (κ2) is 13.0. The summed E-state index contributed by atoms with van der Waals surface area (Å²) in [7, 11) is 1.63. The van der Waals surface area contributed by atoms with Crippen LogP contribution in [0.2, 0.25) is 0 Å². The van der Waals surface area contributed by atoms with Crippen molar-refractivity contribution in [1.29, 1.82) is 0 Å². The average molecular weight is 556 g/mol. The molecule has 2 aliphatic heterocycles. The number of rotatable bonds is 8. The van der Waals surface area contributed by atoms with Crippen molar-refractivity contribution in [1.82, 2.24) is 25.8 Å². The highest BCUT2D eigenvalue weighted by atomic mass is 19.1. The molecule has 2 aromatic carbocycles. The molecule has 214 valence electrons. The monoisotopic (exact) mass is 555 g/mol. The Morgan fingerprint density at radius 1 is 0.950 bits per heavy atom. The first kappa shape index (κ1) is 29.1. The summed E-state index contributed by atoms with van der Waals surface area (Å²) in [6.45, 7) is 2.14. The molecule has 2 heterocycles. The molecule has 3 N–H and O–H groups in total. The minimum Gasteiger partial charge on any atom is -0.350 e. The molecule has 0 radical (unpaired) electrons. The van der Waals surface area contributed by atoms with Crippen molar-refractivity contribution in [2.24, 2.45) is 0 Å². The number of nitrogens with one attached hydrogen (secondary N) is 3. The zero-order chi connectivity index (χ0) is 28.8. The van der Waals surface area contributed by atoms with Crippen LogP contribution in [0.1, 0.15) is 37.3 Å². The van der Waals surface area contributed by atoms with E-state index in [0.717, 1.165) is 5.56 Å². The number of nitrogens with zero attached hydrogens (tertiary/aromatic N) is 2. The number of fused-ring (bicyclic) bond motifs is 1. The molecule has 0 bridgehead atoms. The molecule has 4 amide bonds. The Labute approximate surface area is 232 Å². The summed E-state index contributed by atoms with van der Waals surface area (Å²) in [6, 6.07) is 8.85. The Bertz CT molecular complexity index is 1220. The van der Waals surface area contributed by atoms with Crippen LogP contribution in [-0.4, -0.2) is 77.7 Å². The molecule has 4 rings (SSSR count). The molecule has 0 aliphatic carbocycles. The first-order valence-corrected chi connectivity index (χ1v) is 13.5. The van der Waals surface area contributed by atoms with Gasteiger partial charge in [-0.05, 0) is 68.6 Å². The van der Waals surface area contributed by atoms with Crippen molar-refractivity contribution in [2.75, 3.05) is 20.1 Å². The lowest BCUT2D eigenvalue weighted by molar-refractivity contribution is -0.147. The third-order valence-electron chi connectivity index (χ3n) is 7.64. The highest BCUT2D eigenvalue weighted by Crippen LogP contribution is 2.29. The average Bonchev–Trinajstić information content (AvgIpc) is 3.37. The second-order valence-electron chi connectivity index (χ2n) is 10.3. The van der Waals surface area contributed by atoms with E-state index in [1.807, 2.05) is 0 Å². The maximum absolute atomic E-state index is 13.9. The van der Waals surface area contributed by atoms with Crippen LogP contribution in [0.5, 0.6) is 0 Å². The van der Waals surface area contributed by atoms with Crippen molar-refractivity contribution < 1.29 is 28.0 Å². The van der Waals surface area contributed by atoms with E-state index in [9.17, 15) is 28.0 Å². The Balaban J connectivity index is 1.51. The van der Waals surface area contributed by atoms with Crippen molar-refractivity contribution in [3.05, 3.63) is 71.3 Å². The van der Waals surface area contributed by atoms with Crippen LogP contribution in [0.15, 0.2) is 48.5 Å². The van der Waals surface area contributed by atoms with E-state index in [2.05, 4.69) is 16.0 Å². The fraction of sp³-hybridized carbons (Fsp3) is 0.448. The summed E-state index contributed by atoms with van der Waals surface area (Å²) < 4.78 is 26.6. The van der Waals surface area contributed by atoms with Gasteiger partial charge in [0.2, 0.25) is 23.6 Å². The zero-order valence-electron chi connectivity index (χ0n) is 22.7. The maximum atomic E-state index is 13.9. The molecule has 0 spiro atoms. The third kappa shape index (κ3) is 7.01. The minimum atomic E-state index is -1.05. The zero-order valence-corrected chi connectivity index (χ0v) is 22.7. The predicted octanol–water partition coefficient (Wildman–Crippen LogP) is 1.51. The lowest BCUT2D eigenvalue weighted by atomic mass is 10.0. The van der Waals surface area contributed by atoms with Gasteiger partial charge in [-0.2, -0.15) is 0 Å². The van der Waals surface area contributed by atoms with Gasteiger partial charge in [-0.15, -0.1) is 0 Å². The summed E-state index contributed by atoms with van der Waals surface area (Å²) in [5, 5.41) is 8.46. The molecule has 2 aromatic rings. The van der Waals surface area contributed by atoms with Gasteiger partial charge in [-0.1, -0.05) is 24.3 Å². The number of amides is 4. The van der Waals surface area contributed by atoms with Crippen LogP contribution in [0.25, 0.3) is 0 Å². The Hall–Kier alpha value is -3.86. The highest BCUT2D eigenvalue weighted by molar-refractivity contribution is 5.94. The van der Waals surface area contributed by atoms with Gasteiger partial charge in [0.1, 0.15) is 23.7 Å². The molecule has 2 fully saturated rings. The molecule has 9 nitrogen and oxygen atoms in total. The summed E-state index contributed by atoms with van der Waals surface area (Å²) in [5.74, 6) is -2.14. The van der Waals surface area contributed by atoms with Crippen LogP contribution < -0.4 is 16.0 Å². The van der Waals surface area contributed by atoms with Crippen molar-refractivity contribution in [3.8, 4) is 0 Å². The van der Waals surface area contributed by atoms with Gasteiger partial charge in [0.25, 0.3) is 0 Å². The normalized spacial score (nSPS) is 21.7. The maximum Gasteiger partial charge on any atom is 0.247 e. The molecule has 2 saturated heterocycles. The van der Waals surface area contributed by atoms with Crippen LogP contribution >= 0.6 is 0 Å². The first-order valence-electron chi connectivity index (χ1n) is 13.5. The van der Waals surface area contributed by atoms with Gasteiger partial charge in [-0.25, -0.2) is 8.78 Å². The number of likely N-dealkylation sites (N-methyl/N-ethyl adjacent to an activating group) is 1. The second-order valence-corrected chi connectivity index (χ2v) is 10.3. The first-order chi connectivity index (χ1) is 19.2. The molecule has 4 atom stereocenters. The van der Waals surface area contributed by atoms with Gasteiger partial charge >= 0.3 is 0 Å². The summed E-state index contributed by atoms with van der Waals surface area (Å²) in [6.07, 6.45) is 1.54. The van der Waals surface area contributed by atoms with E-state index in [0.29, 0.717) is 31.4 Å². The van der Waals surface area contributed by atoms with Gasteiger partial charge in [0.15, 0.2) is 0 Å². The number of hydrogen-bond donors (Lipinski definition) is 3. The van der Waals surface area contributed by atoms with Gasteiger partial charge in [0, 0.05) is 25.7 Å². The molecular formula is C29H35F2N5O4. The highest BCUT2D eigenvalue weighted by Gasteiger charge is 2.45. The van der Waals surface area contributed by atoms with E-state index in [-0.39, 0.29) is 43.2 Å². The van der Waals surface area contributed by atoms with Crippen LogP contribution in [-0.2, 0) is 32.1 Å². The summed E-state index contributed by atoms with van der Waals surface area (Å²) in [4.78, 5) is 56.3. The number of carbonyl (C=O) groups is 4. The summed E-state index contributed by atoms with van der Waals surface area (Å²) >= 11 is 0. The van der Waals surface area contributed by atoms with Crippen molar-refractivity contribution in [3.63, 3.8) is 0 Å². The lowest BCUT2D eigenvalue weighted by Gasteiger charge is -2.39.